The summed E-state index contributed by atoms with van der Waals surface area (Å²) in [6.45, 7) is 0. The van der Waals surface area contributed by atoms with E-state index in [1.165, 1.54) is 19.0 Å². The van der Waals surface area contributed by atoms with Crippen molar-refractivity contribution in [2.75, 3.05) is 17.7 Å². The van der Waals surface area contributed by atoms with E-state index in [1.807, 2.05) is 31.3 Å². The Morgan fingerprint density at radius 3 is 2.47 bits per heavy atom. The van der Waals surface area contributed by atoms with E-state index in [0.29, 0.717) is 17.8 Å². The van der Waals surface area contributed by atoms with E-state index in [9.17, 15) is 4.79 Å². The third-order valence-electron chi connectivity index (χ3n) is 5.35. The normalized spacial score (nSPS) is 18.7. The van der Waals surface area contributed by atoms with E-state index >= 15 is 0 Å². The maximum absolute atomic E-state index is 11.9. The van der Waals surface area contributed by atoms with Crippen molar-refractivity contribution in [2.24, 2.45) is 5.73 Å². The summed E-state index contributed by atoms with van der Waals surface area (Å²) in [5, 5.41) is 17.6. The van der Waals surface area contributed by atoms with Crippen molar-refractivity contribution in [3.8, 4) is 5.69 Å². The predicted molar refractivity (Wildman–Crippen MR) is 114 cm³/mol. The van der Waals surface area contributed by atoms with Crippen LogP contribution in [-0.2, 0) is 0 Å². The number of anilines is 3. The summed E-state index contributed by atoms with van der Waals surface area (Å²) in [6, 6.07) is 8.19. The zero-order chi connectivity index (χ0) is 20.9. The van der Waals surface area contributed by atoms with Gasteiger partial charge in [-0.05, 0) is 44.2 Å². The molecule has 0 spiro atoms. The van der Waals surface area contributed by atoms with Gasteiger partial charge in [0.2, 0.25) is 5.95 Å². The molecule has 156 valence electrons. The molecule has 0 saturated heterocycles. The summed E-state index contributed by atoms with van der Waals surface area (Å²) in [4.78, 5) is 20.7. The van der Waals surface area contributed by atoms with Gasteiger partial charge in [0.25, 0.3) is 5.91 Å². The first-order valence-electron chi connectivity index (χ1n) is 9.97. The minimum Gasteiger partial charge on any atom is -0.365 e. The summed E-state index contributed by atoms with van der Waals surface area (Å²) in [7, 11) is 1.97. The zero-order valence-electron chi connectivity index (χ0n) is 16.7. The molecule has 0 unspecified atom stereocenters. The fourth-order valence-electron chi connectivity index (χ4n) is 3.73. The molecule has 5 N–H and O–H groups in total. The molecule has 10 heteroatoms. The van der Waals surface area contributed by atoms with E-state index in [1.54, 1.807) is 17.2 Å². The second kappa shape index (κ2) is 8.87. The van der Waals surface area contributed by atoms with Gasteiger partial charge in [0.1, 0.15) is 24.0 Å². The second-order valence-electron chi connectivity index (χ2n) is 7.29. The maximum Gasteiger partial charge on any atom is 0.254 e. The predicted octanol–water partition coefficient (Wildman–Crippen LogP) is 1.84. The molecule has 30 heavy (non-hydrogen) atoms. The molecule has 3 aromatic rings. The molecule has 1 aliphatic rings. The molecule has 0 radical (unpaired) electrons. The van der Waals surface area contributed by atoms with Gasteiger partial charge < -0.3 is 21.7 Å². The van der Waals surface area contributed by atoms with Crippen molar-refractivity contribution in [1.29, 1.82) is 0 Å². The third-order valence-corrected chi connectivity index (χ3v) is 5.35. The lowest BCUT2D eigenvalue weighted by Crippen LogP contribution is -2.44. The van der Waals surface area contributed by atoms with Gasteiger partial charge in [-0.3, -0.25) is 9.36 Å². The minimum absolute atomic E-state index is 0.234. The van der Waals surface area contributed by atoms with E-state index in [4.69, 9.17) is 5.73 Å². The fraction of sp³-hybridized carbons (Fsp3) is 0.350. The first-order chi connectivity index (χ1) is 14.6. The largest absolute Gasteiger partial charge is 0.365 e. The number of carbonyl (C=O) groups is 1. The van der Waals surface area contributed by atoms with Crippen molar-refractivity contribution in [3.63, 3.8) is 0 Å². The van der Waals surface area contributed by atoms with E-state index < -0.39 is 5.91 Å². The average Bonchev–Trinajstić information content (AvgIpc) is 3.30. The summed E-state index contributed by atoms with van der Waals surface area (Å²) in [5.41, 5.74) is 7.45. The smallest absolute Gasteiger partial charge is 0.254 e. The van der Waals surface area contributed by atoms with Crippen LogP contribution in [0.15, 0.2) is 43.1 Å². The van der Waals surface area contributed by atoms with Crippen LogP contribution in [-0.4, -0.2) is 49.8 Å². The molecule has 4 rings (SSSR count). The Morgan fingerprint density at radius 1 is 1.10 bits per heavy atom. The van der Waals surface area contributed by atoms with Crippen LogP contribution in [0.25, 0.3) is 5.69 Å². The lowest BCUT2D eigenvalue weighted by molar-refractivity contribution is 0.100. The van der Waals surface area contributed by atoms with Crippen LogP contribution in [0.3, 0.4) is 0 Å². The van der Waals surface area contributed by atoms with E-state index in [0.717, 1.165) is 24.2 Å². The van der Waals surface area contributed by atoms with Crippen molar-refractivity contribution >= 4 is 23.4 Å². The Labute approximate surface area is 174 Å². The van der Waals surface area contributed by atoms with Crippen LogP contribution in [0.4, 0.5) is 17.5 Å². The van der Waals surface area contributed by atoms with Crippen LogP contribution in [0.1, 0.15) is 36.0 Å². The fourth-order valence-corrected chi connectivity index (χ4v) is 3.73. The number of carbonyl (C=O) groups excluding carboxylic acids is 1. The molecule has 2 aromatic heterocycles. The topological polar surface area (TPSA) is 136 Å². The highest BCUT2D eigenvalue weighted by Crippen LogP contribution is 2.24. The van der Waals surface area contributed by atoms with Crippen LogP contribution < -0.4 is 21.7 Å². The van der Waals surface area contributed by atoms with Crippen LogP contribution in [0.2, 0.25) is 0 Å². The highest BCUT2D eigenvalue weighted by molar-refractivity contribution is 5.98. The number of amides is 1. The van der Waals surface area contributed by atoms with Crippen LogP contribution in [0.5, 0.6) is 0 Å². The molecule has 1 aliphatic carbocycles. The highest BCUT2D eigenvalue weighted by atomic mass is 16.1. The quantitative estimate of drug-likeness (QED) is 0.466. The number of nitrogens with one attached hydrogen (secondary N) is 3. The Bertz CT molecular complexity index is 988. The molecule has 10 nitrogen and oxygen atoms in total. The number of primary amides is 1. The number of hydrogen-bond donors (Lipinski definition) is 4. The van der Waals surface area contributed by atoms with Gasteiger partial charge in [0.15, 0.2) is 0 Å². The van der Waals surface area contributed by atoms with Gasteiger partial charge in [-0.25, -0.2) is 4.98 Å². The van der Waals surface area contributed by atoms with Crippen molar-refractivity contribution in [2.45, 2.75) is 37.8 Å². The monoisotopic (exact) mass is 407 g/mol. The van der Waals surface area contributed by atoms with Gasteiger partial charge in [-0.2, -0.15) is 4.98 Å². The third kappa shape index (κ3) is 4.38. The number of rotatable bonds is 7. The number of benzene rings is 1. The number of hydrogen-bond acceptors (Lipinski definition) is 8. The molecular formula is C20H25N9O. The molecule has 0 bridgehead atoms. The minimum atomic E-state index is -0.587. The molecule has 2 heterocycles. The average molecular weight is 407 g/mol. The van der Waals surface area contributed by atoms with Crippen molar-refractivity contribution in [1.82, 2.24) is 30.0 Å². The number of nitrogens with two attached hydrogens (primary N) is 1. The van der Waals surface area contributed by atoms with Crippen molar-refractivity contribution < 1.29 is 4.79 Å². The summed E-state index contributed by atoms with van der Waals surface area (Å²) in [5.74, 6) is 0.251. The molecule has 1 aromatic carbocycles. The van der Waals surface area contributed by atoms with Crippen LogP contribution in [0, 0.1) is 0 Å². The highest BCUT2D eigenvalue weighted by Gasteiger charge is 2.24. The molecule has 1 fully saturated rings. The Morgan fingerprint density at radius 2 is 1.80 bits per heavy atom. The molecule has 1 saturated carbocycles. The molecular weight excluding hydrogens is 382 g/mol. The van der Waals surface area contributed by atoms with Gasteiger partial charge in [-0.1, -0.05) is 12.8 Å². The molecule has 2 atom stereocenters. The van der Waals surface area contributed by atoms with Crippen molar-refractivity contribution in [3.05, 3.63) is 48.7 Å². The number of aromatic nitrogens is 5. The second-order valence-corrected chi connectivity index (χ2v) is 7.29. The summed E-state index contributed by atoms with van der Waals surface area (Å²) >= 11 is 0. The maximum atomic E-state index is 11.9. The zero-order valence-corrected chi connectivity index (χ0v) is 16.7. The Kier molecular flexibility index (Phi) is 5.84. The van der Waals surface area contributed by atoms with E-state index in [-0.39, 0.29) is 11.6 Å². The Hall–Kier alpha value is -3.53. The molecule has 1 amide bonds. The first-order valence-corrected chi connectivity index (χ1v) is 9.97. The van der Waals surface area contributed by atoms with Crippen LogP contribution >= 0.6 is 0 Å². The standard InChI is InChI=1S/C20H25N9O/c1-22-16-4-2-3-5-17(16)27-20-23-10-15(18(21)30)19(28-20)26-13-6-8-14(9-7-13)29-11-24-25-12-29/h6-12,16-17,22H,2-5H2,1H3,(H2,21,30)(H2,23,26,27,28)/t16-,17+/m0/s1. The van der Waals surface area contributed by atoms with Gasteiger partial charge >= 0.3 is 0 Å². The molecule has 0 aliphatic heterocycles. The summed E-state index contributed by atoms with van der Waals surface area (Å²) in [6.07, 6.45) is 9.24. The summed E-state index contributed by atoms with van der Waals surface area (Å²) < 4.78 is 1.80. The number of nitrogens with zero attached hydrogens (tertiary/aromatic N) is 5. The lowest BCUT2D eigenvalue weighted by Gasteiger charge is -2.32. The van der Waals surface area contributed by atoms with E-state index in [2.05, 4.69) is 36.1 Å². The van der Waals surface area contributed by atoms with Gasteiger partial charge in [0, 0.05) is 29.7 Å². The Balaban J connectivity index is 1.55. The lowest BCUT2D eigenvalue weighted by atomic mass is 9.90. The SMILES string of the molecule is CN[C@H]1CCCC[C@H]1Nc1ncc(C(N)=O)c(Nc2ccc(-n3cnnc3)cc2)n1. The first kappa shape index (κ1) is 19.8. The van der Waals surface area contributed by atoms with Gasteiger partial charge in [0.05, 0.1) is 0 Å². The van der Waals surface area contributed by atoms with Gasteiger partial charge in [-0.15, -0.1) is 10.2 Å². The number of likely N-dealkylation sites (N-methyl/N-ethyl adjacent to an activating group) is 1.